The number of aryl methyl sites for hydroxylation is 1. The van der Waals surface area contributed by atoms with Gasteiger partial charge in [0.15, 0.2) is 0 Å². The fraction of sp³-hybridized carbons (Fsp3) is 0.300. The van der Waals surface area contributed by atoms with Crippen LogP contribution in [0.25, 0.3) is 6.08 Å². The van der Waals surface area contributed by atoms with Crippen molar-refractivity contribution in [3.63, 3.8) is 0 Å². The topological polar surface area (TPSA) is 31.2 Å². The highest BCUT2D eigenvalue weighted by molar-refractivity contribution is 5.86. The maximum absolute atomic E-state index is 10.9. The standard InChI is InChI=1S/C10H13NO2/c1-3-13-10(12)7-6-9-5-4-8-11(9)2/h4-8H,3H2,1-2H3/b7-6+. The lowest BCUT2D eigenvalue weighted by atomic mass is 10.4. The van der Waals surface area contributed by atoms with Crippen molar-refractivity contribution < 1.29 is 9.53 Å². The van der Waals surface area contributed by atoms with Gasteiger partial charge >= 0.3 is 5.97 Å². The SMILES string of the molecule is CCOC(=O)/C=C/c1cccn1C. The van der Waals surface area contributed by atoms with E-state index in [-0.39, 0.29) is 5.97 Å². The lowest BCUT2D eigenvalue weighted by Gasteiger charge is -1.96. The molecule has 3 heteroatoms. The number of hydrogen-bond donors (Lipinski definition) is 0. The molecule has 0 amide bonds. The van der Waals surface area contributed by atoms with E-state index < -0.39 is 0 Å². The first-order valence-electron chi connectivity index (χ1n) is 4.20. The van der Waals surface area contributed by atoms with E-state index in [1.165, 1.54) is 6.08 Å². The highest BCUT2D eigenvalue weighted by Crippen LogP contribution is 2.01. The Balaban J connectivity index is 2.58. The molecule has 0 aliphatic heterocycles. The van der Waals surface area contributed by atoms with E-state index in [9.17, 15) is 4.79 Å². The molecule has 0 atom stereocenters. The summed E-state index contributed by atoms with van der Waals surface area (Å²) in [6.07, 6.45) is 5.08. The summed E-state index contributed by atoms with van der Waals surface area (Å²) in [4.78, 5) is 10.9. The van der Waals surface area contributed by atoms with Gasteiger partial charge < -0.3 is 9.30 Å². The number of carbonyl (C=O) groups excluding carboxylic acids is 1. The average Bonchev–Trinajstić information content (AvgIpc) is 2.48. The molecule has 0 N–H and O–H groups in total. The second-order valence-corrected chi connectivity index (χ2v) is 2.63. The van der Waals surface area contributed by atoms with Crippen molar-refractivity contribution in [2.75, 3.05) is 6.61 Å². The molecule has 0 bridgehead atoms. The summed E-state index contributed by atoms with van der Waals surface area (Å²) in [5, 5.41) is 0. The molecule has 0 saturated heterocycles. The van der Waals surface area contributed by atoms with E-state index in [1.807, 2.05) is 29.9 Å². The number of aromatic nitrogens is 1. The Bertz CT molecular complexity index is 312. The van der Waals surface area contributed by atoms with Crippen LogP contribution in [0.15, 0.2) is 24.4 Å². The first-order valence-corrected chi connectivity index (χ1v) is 4.20. The van der Waals surface area contributed by atoms with Gasteiger partial charge in [-0.15, -0.1) is 0 Å². The Labute approximate surface area is 77.6 Å². The third-order valence-electron chi connectivity index (χ3n) is 1.66. The van der Waals surface area contributed by atoms with Crippen LogP contribution in [-0.2, 0) is 16.6 Å². The highest BCUT2D eigenvalue weighted by Gasteiger charge is 1.95. The predicted octanol–water partition coefficient (Wildman–Crippen LogP) is 1.60. The minimum Gasteiger partial charge on any atom is -0.463 e. The van der Waals surface area contributed by atoms with E-state index >= 15 is 0 Å². The number of hydrogen-bond acceptors (Lipinski definition) is 2. The predicted molar refractivity (Wildman–Crippen MR) is 51.1 cm³/mol. The first-order chi connectivity index (χ1) is 6.24. The van der Waals surface area contributed by atoms with Crippen LogP contribution in [0.4, 0.5) is 0 Å². The minimum absolute atomic E-state index is 0.302. The summed E-state index contributed by atoms with van der Waals surface area (Å²) in [7, 11) is 1.92. The molecule has 0 aliphatic carbocycles. The van der Waals surface area contributed by atoms with E-state index in [0.29, 0.717) is 6.61 Å². The third-order valence-corrected chi connectivity index (χ3v) is 1.66. The van der Waals surface area contributed by atoms with Gasteiger partial charge in [-0.25, -0.2) is 4.79 Å². The molecule has 0 aliphatic rings. The Kier molecular flexibility index (Phi) is 3.31. The summed E-state index contributed by atoms with van der Waals surface area (Å²) in [6, 6.07) is 3.85. The molecule has 0 aromatic carbocycles. The smallest absolute Gasteiger partial charge is 0.330 e. The molecule has 0 radical (unpaired) electrons. The maximum Gasteiger partial charge on any atom is 0.330 e. The molecule has 3 nitrogen and oxygen atoms in total. The van der Waals surface area contributed by atoms with Gasteiger partial charge in [-0.1, -0.05) is 0 Å². The molecule has 0 saturated carbocycles. The van der Waals surface area contributed by atoms with Crippen molar-refractivity contribution in [3.05, 3.63) is 30.1 Å². The highest BCUT2D eigenvalue weighted by atomic mass is 16.5. The van der Waals surface area contributed by atoms with E-state index in [1.54, 1.807) is 13.0 Å². The summed E-state index contributed by atoms with van der Waals surface area (Å²) < 4.78 is 6.67. The van der Waals surface area contributed by atoms with Crippen LogP contribution < -0.4 is 0 Å². The summed E-state index contributed by atoms with van der Waals surface area (Å²) in [5.74, 6) is -0.302. The summed E-state index contributed by atoms with van der Waals surface area (Å²) in [5.41, 5.74) is 0.980. The van der Waals surface area contributed by atoms with Gasteiger partial charge in [-0.2, -0.15) is 0 Å². The molecule has 0 unspecified atom stereocenters. The zero-order valence-corrected chi connectivity index (χ0v) is 7.86. The maximum atomic E-state index is 10.9. The molecule has 70 valence electrons. The number of carbonyl (C=O) groups is 1. The molecule has 0 fully saturated rings. The van der Waals surface area contributed by atoms with Crippen LogP contribution in [0.3, 0.4) is 0 Å². The van der Waals surface area contributed by atoms with Crippen molar-refractivity contribution in [3.8, 4) is 0 Å². The number of esters is 1. The van der Waals surface area contributed by atoms with E-state index in [4.69, 9.17) is 4.74 Å². The van der Waals surface area contributed by atoms with Crippen molar-refractivity contribution >= 4 is 12.0 Å². The van der Waals surface area contributed by atoms with Crippen molar-refractivity contribution in [2.45, 2.75) is 6.92 Å². The van der Waals surface area contributed by atoms with Gasteiger partial charge in [-0.05, 0) is 25.1 Å². The van der Waals surface area contributed by atoms with E-state index in [0.717, 1.165) is 5.69 Å². The van der Waals surface area contributed by atoms with Crippen molar-refractivity contribution in [1.29, 1.82) is 0 Å². The zero-order valence-electron chi connectivity index (χ0n) is 7.86. The van der Waals surface area contributed by atoms with Gasteiger partial charge in [0, 0.05) is 25.0 Å². The molecule has 1 aromatic heterocycles. The molecule has 1 heterocycles. The Morgan fingerprint density at radius 3 is 3.00 bits per heavy atom. The third kappa shape index (κ3) is 2.78. The molecule has 1 rings (SSSR count). The molecule has 13 heavy (non-hydrogen) atoms. The first kappa shape index (κ1) is 9.58. The largest absolute Gasteiger partial charge is 0.463 e. The molecular weight excluding hydrogens is 166 g/mol. The van der Waals surface area contributed by atoms with Crippen LogP contribution in [0.1, 0.15) is 12.6 Å². The van der Waals surface area contributed by atoms with Crippen LogP contribution in [0.5, 0.6) is 0 Å². The molecule has 1 aromatic rings. The van der Waals surface area contributed by atoms with Crippen LogP contribution in [0.2, 0.25) is 0 Å². The van der Waals surface area contributed by atoms with Gasteiger partial charge in [0.25, 0.3) is 0 Å². The zero-order chi connectivity index (χ0) is 9.68. The second kappa shape index (κ2) is 4.50. The molecule has 0 spiro atoms. The van der Waals surface area contributed by atoms with Crippen LogP contribution in [-0.4, -0.2) is 17.1 Å². The van der Waals surface area contributed by atoms with Crippen LogP contribution >= 0.6 is 0 Å². The van der Waals surface area contributed by atoms with Crippen molar-refractivity contribution in [1.82, 2.24) is 4.57 Å². The lowest BCUT2D eigenvalue weighted by molar-refractivity contribution is -0.137. The van der Waals surface area contributed by atoms with Crippen molar-refractivity contribution in [2.24, 2.45) is 7.05 Å². The minimum atomic E-state index is -0.302. The number of rotatable bonds is 3. The van der Waals surface area contributed by atoms with Gasteiger partial charge in [0.2, 0.25) is 0 Å². The Morgan fingerprint density at radius 2 is 2.46 bits per heavy atom. The monoisotopic (exact) mass is 179 g/mol. The summed E-state index contributed by atoms with van der Waals surface area (Å²) in [6.45, 7) is 2.20. The normalized spacial score (nSPS) is 10.6. The van der Waals surface area contributed by atoms with Gasteiger partial charge in [-0.3, -0.25) is 0 Å². The average molecular weight is 179 g/mol. The quantitative estimate of drug-likeness (QED) is 0.521. The fourth-order valence-electron chi connectivity index (χ4n) is 0.991. The Morgan fingerprint density at radius 1 is 1.69 bits per heavy atom. The Hall–Kier alpha value is -1.51. The number of ether oxygens (including phenoxy) is 1. The lowest BCUT2D eigenvalue weighted by Crippen LogP contribution is -1.99. The second-order valence-electron chi connectivity index (χ2n) is 2.63. The fourth-order valence-corrected chi connectivity index (χ4v) is 0.991. The molecular formula is C10H13NO2. The van der Waals surface area contributed by atoms with E-state index in [2.05, 4.69) is 0 Å². The van der Waals surface area contributed by atoms with Gasteiger partial charge in [0.1, 0.15) is 0 Å². The summed E-state index contributed by atoms with van der Waals surface area (Å²) >= 11 is 0. The number of nitrogens with zero attached hydrogens (tertiary/aromatic N) is 1. The van der Waals surface area contributed by atoms with Gasteiger partial charge in [0.05, 0.1) is 6.61 Å². The van der Waals surface area contributed by atoms with Crippen LogP contribution in [0, 0.1) is 0 Å².